The number of aryl methyl sites for hydroxylation is 1. The quantitative estimate of drug-likeness (QED) is 0.507. The van der Waals surface area contributed by atoms with E-state index >= 15 is 0 Å². The lowest BCUT2D eigenvalue weighted by Crippen LogP contribution is -2.28. The lowest BCUT2D eigenvalue weighted by atomic mass is 10.1. The van der Waals surface area contributed by atoms with E-state index in [4.69, 9.17) is 9.26 Å². The zero-order chi connectivity index (χ0) is 20.8. The molecule has 0 unspecified atom stereocenters. The number of rotatable bonds is 7. The summed E-state index contributed by atoms with van der Waals surface area (Å²) in [5.74, 6) is 1.23. The lowest BCUT2D eigenvalue weighted by Gasteiger charge is -2.08. The van der Waals surface area contributed by atoms with Gasteiger partial charge in [0.15, 0.2) is 6.61 Å². The number of aromatic nitrogens is 3. The van der Waals surface area contributed by atoms with Crippen LogP contribution in [-0.2, 0) is 11.3 Å². The number of carbonyl (C=O) groups is 1. The summed E-state index contributed by atoms with van der Waals surface area (Å²) in [6, 6.07) is 18.8. The number of pyridine rings is 1. The highest BCUT2D eigenvalue weighted by molar-refractivity contribution is 5.77. The minimum absolute atomic E-state index is 0.0951. The molecule has 0 aliphatic carbocycles. The number of benzene rings is 2. The van der Waals surface area contributed by atoms with Crippen molar-refractivity contribution in [3.63, 3.8) is 0 Å². The van der Waals surface area contributed by atoms with Crippen LogP contribution >= 0.6 is 0 Å². The van der Waals surface area contributed by atoms with Gasteiger partial charge in [-0.25, -0.2) is 0 Å². The van der Waals surface area contributed by atoms with Crippen LogP contribution in [-0.4, -0.2) is 27.6 Å². The molecule has 150 valence electrons. The summed E-state index contributed by atoms with van der Waals surface area (Å²) in [7, 11) is 0. The molecule has 1 N–H and O–H groups in total. The molecule has 0 aliphatic rings. The van der Waals surface area contributed by atoms with E-state index in [0.717, 1.165) is 16.7 Å². The largest absolute Gasteiger partial charge is 0.484 e. The third-order valence-electron chi connectivity index (χ3n) is 4.40. The number of ether oxygens (including phenoxy) is 1. The van der Waals surface area contributed by atoms with E-state index in [9.17, 15) is 4.79 Å². The van der Waals surface area contributed by atoms with E-state index in [-0.39, 0.29) is 12.5 Å². The van der Waals surface area contributed by atoms with Crippen LogP contribution in [0.1, 0.15) is 11.1 Å². The van der Waals surface area contributed by atoms with E-state index in [0.29, 0.717) is 29.6 Å². The fourth-order valence-corrected chi connectivity index (χ4v) is 2.78. The molecule has 0 radical (unpaired) electrons. The second-order valence-electron chi connectivity index (χ2n) is 6.74. The Morgan fingerprint density at radius 3 is 2.73 bits per heavy atom. The Bertz CT molecular complexity index is 1120. The first-order valence-electron chi connectivity index (χ1n) is 9.47. The fraction of sp³-hybridized carbons (Fsp3) is 0.130. The topological polar surface area (TPSA) is 90.1 Å². The van der Waals surface area contributed by atoms with E-state index in [1.807, 2.05) is 55.5 Å². The molecule has 0 atom stereocenters. The molecule has 4 rings (SSSR count). The molecule has 4 aromatic rings. The predicted molar refractivity (Wildman–Crippen MR) is 111 cm³/mol. The molecule has 0 saturated carbocycles. The first-order valence-corrected chi connectivity index (χ1v) is 9.47. The highest BCUT2D eigenvalue weighted by Crippen LogP contribution is 2.25. The van der Waals surface area contributed by atoms with Crippen LogP contribution in [0.15, 0.2) is 77.6 Å². The number of hydrogen-bond acceptors (Lipinski definition) is 6. The van der Waals surface area contributed by atoms with Gasteiger partial charge in [0.05, 0.1) is 0 Å². The van der Waals surface area contributed by atoms with Crippen molar-refractivity contribution in [2.45, 2.75) is 13.5 Å². The molecular formula is C23H20N4O3. The molecule has 7 nitrogen and oxygen atoms in total. The van der Waals surface area contributed by atoms with E-state index < -0.39 is 0 Å². The number of nitrogens with one attached hydrogen (secondary N) is 1. The Morgan fingerprint density at radius 2 is 1.93 bits per heavy atom. The monoisotopic (exact) mass is 400 g/mol. The number of hydrogen-bond donors (Lipinski definition) is 1. The van der Waals surface area contributed by atoms with Gasteiger partial charge in [0.1, 0.15) is 5.75 Å². The predicted octanol–water partition coefficient (Wildman–Crippen LogP) is 3.80. The summed E-state index contributed by atoms with van der Waals surface area (Å²) >= 11 is 0. The Labute approximate surface area is 173 Å². The van der Waals surface area contributed by atoms with Crippen LogP contribution in [0.3, 0.4) is 0 Å². The summed E-state index contributed by atoms with van der Waals surface area (Å²) in [6.45, 7) is 2.33. The van der Waals surface area contributed by atoms with Crippen LogP contribution in [0.25, 0.3) is 22.8 Å². The zero-order valence-corrected chi connectivity index (χ0v) is 16.4. The molecule has 0 spiro atoms. The highest BCUT2D eigenvalue weighted by Gasteiger charge is 2.12. The smallest absolute Gasteiger partial charge is 0.258 e. The van der Waals surface area contributed by atoms with Crippen molar-refractivity contribution in [2.75, 3.05) is 6.61 Å². The molecule has 2 aromatic carbocycles. The number of amides is 1. The van der Waals surface area contributed by atoms with Crippen molar-refractivity contribution >= 4 is 5.91 Å². The van der Waals surface area contributed by atoms with Gasteiger partial charge < -0.3 is 14.6 Å². The van der Waals surface area contributed by atoms with Crippen LogP contribution in [0.2, 0.25) is 0 Å². The first kappa shape index (κ1) is 19.3. The van der Waals surface area contributed by atoms with Crippen molar-refractivity contribution in [2.24, 2.45) is 0 Å². The molecular weight excluding hydrogens is 380 g/mol. The fourth-order valence-electron chi connectivity index (χ4n) is 2.78. The van der Waals surface area contributed by atoms with Gasteiger partial charge in [-0.15, -0.1) is 0 Å². The van der Waals surface area contributed by atoms with Crippen LogP contribution in [0, 0.1) is 6.92 Å². The van der Waals surface area contributed by atoms with Gasteiger partial charge >= 0.3 is 0 Å². The Balaban J connectivity index is 1.37. The Hall–Kier alpha value is -4.00. The third kappa shape index (κ3) is 4.88. The lowest BCUT2D eigenvalue weighted by molar-refractivity contribution is -0.123. The molecule has 0 fully saturated rings. The van der Waals surface area contributed by atoms with Gasteiger partial charge in [-0.1, -0.05) is 47.1 Å². The van der Waals surface area contributed by atoms with Gasteiger partial charge in [-0.2, -0.15) is 4.98 Å². The van der Waals surface area contributed by atoms with Gasteiger partial charge in [-0.05, 0) is 36.8 Å². The second-order valence-corrected chi connectivity index (χ2v) is 6.74. The highest BCUT2D eigenvalue weighted by atomic mass is 16.5. The summed E-state index contributed by atoms with van der Waals surface area (Å²) in [5.41, 5.74) is 3.69. The minimum atomic E-state index is -0.219. The van der Waals surface area contributed by atoms with Crippen molar-refractivity contribution in [3.8, 4) is 28.6 Å². The number of nitrogens with zero attached hydrogens (tertiary/aromatic N) is 3. The van der Waals surface area contributed by atoms with Gasteiger partial charge in [-0.3, -0.25) is 9.78 Å². The van der Waals surface area contributed by atoms with Crippen molar-refractivity contribution in [1.29, 1.82) is 0 Å². The molecule has 30 heavy (non-hydrogen) atoms. The third-order valence-corrected chi connectivity index (χ3v) is 4.40. The number of carbonyl (C=O) groups excluding carboxylic acids is 1. The normalized spacial score (nSPS) is 10.6. The van der Waals surface area contributed by atoms with E-state index in [1.54, 1.807) is 24.5 Å². The first-order chi connectivity index (χ1) is 14.7. The van der Waals surface area contributed by atoms with Gasteiger partial charge in [0, 0.05) is 30.1 Å². The summed E-state index contributed by atoms with van der Waals surface area (Å²) in [6.07, 6.45) is 3.40. The standard InChI is InChI=1S/C23H20N4O3/c1-16-7-9-18(10-8-16)22-26-23(30-27-22)19-5-2-6-20(12-19)29-15-21(28)25-14-17-4-3-11-24-13-17/h2-13H,14-15H2,1H3,(H,25,28). The van der Waals surface area contributed by atoms with Crippen molar-refractivity contribution in [1.82, 2.24) is 20.4 Å². The molecule has 0 bridgehead atoms. The van der Waals surface area contributed by atoms with E-state index in [2.05, 4.69) is 20.4 Å². The molecule has 2 heterocycles. The van der Waals surface area contributed by atoms with Crippen LogP contribution in [0.5, 0.6) is 5.75 Å². The molecule has 7 heteroatoms. The van der Waals surface area contributed by atoms with Gasteiger partial charge in [0.25, 0.3) is 11.8 Å². The molecule has 1 amide bonds. The average Bonchev–Trinajstić information content (AvgIpc) is 3.28. The molecule has 0 aliphatic heterocycles. The zero-order valence-electron chi connectivity index (χ0n) is 16.4. The molecule has 2 aromatic heterocycles. The summed E-state index contributed by atoms with van der Waals surface area (Å²) in [4.78, 5) is 20.5. The maximum Gasteiger partial charge on any atom is 0.258 e. The average molecular weight is 400 g/mol. The van der Waals surface area contributed by atoms with Gasteiger partial charge in [0.2, 0.25) is 5.82 Å². The Kier molecular flexibility index (Phi) is 5.80. The van der Waals surface area contributed by atoms with E-state index in [1.165, 1.54) is 0 Å². The summed E-state index contributed by atoms with van der Waals surface area (Å²) < 4.78 is 11.0. The Morgan fingerprint density at radius 1 is 1.07 bits per heavy atom. The SMILES string of the molecule is Cc1ccc(-c2noc(-c3cccc(OCC(=O)NCc4cccnc4)c3)n2)cc1. The molecule has 0 saturated heterocycles. The maximum absolute atomic E-state index is 12.0. The summed E-state index contributed by atoms with van der Waals surface area (Å²) in [5, 5.41) is 6.85. The van der Waals surface area contributed by atoms with Crippen molar-refractivity contribution in [3.05, 3.63) is 84.2 Å². The van der Waals surface area contributed by atoms with Crippen molar-refractivity contribution < 1.29 is 14.1 Å². The minimum Gasteiger partial charge on any atom is -0.484 e. The van der Waals surface area contributed by atoms with Crippen LogP contribution < -0.4 is 10.1 Å². The second kappa shape index (κ2) is 9.00. The maximum atomic E-state index is 12.0. The van der Waals surface area contributed by atoms with Crippen LogP contribution in [0.4, 0.5) is 0 Å².